The van der Waals surface area contributed by atoms with E-state index in [0.717, 1.165) is 29.4 Å². The normalized spacial score (nSPS) is 13.0. The summed E-state index contributed by atoms with van der Waals surface area (Å²) in [5, 5.41) is 18.2. The Morgan fingerprint density at radius 2 is 1.27 bits per heavy atom. The molecule has 0 unspecified atom stereocenters. The summed E-state index contributed by atoms with van der Waals surface area (Å²) in [6, 6.07) is 15.0. The van der Waals surface area contributed by atoms with E-state index >= 15 is 0 Å². The van der Waals surface area contributed by atoms with Gasteiger partial charge in [-0.15, -0.1) is 20.2 Å². The molecule has 0 aliphatic carbocycles. The molecule has 0 radical (unpaired) electrons. The highest BCUT2D eigenvalue weighted by molar-refractivity contribution is 5.74. The van der Waals surface area contributed by atoms with Gasteiger partial charge in [0.1, 0.15) is 6.29 Å². The van der Waals surface area contributed by atoms with Crippen LogP contribution < -0.4 is 0 Å². The minimum atomic E-state index is -0.796. The molecule has 33 heavy (non-hydrogen) atoms. The summed E-state index contributed by atoms with van der Waals surface area (Å²) in [6.45, 7) is 1.49. The Bertz CT molecular complexity index is 866. The van der Waals surface area contributed by atoms with E-state index in [1.54, 1.807) is 12.1 Å². The first-order chi connectivity index (χ1) is 16.0. The number of hydrogen-bond donors (Lipinski definition) is 0. The van der Waals surface area contributed by atoms with Gasteiger partial charge >= 0.3 is 0 Å². The molecule has 0 saturated carbocycles. The van der Waals surface area contributed by atoms with E-state index in [1.165, 1.54) is 0 Å². The molecule has 11 heteroatoms. The van der Waals surface area contributed by atoms with E-state index in [9.17, 15) is 25.0 Å². The van der Waals surface area contributed by atoms with Crippen molar-refractivity contribution in [3.05, 3.63) is 91.0 Å². The lowest BCUT2D eigenvalue weighted by atomic mass is 10.1. The molecule has 0 spiro atoms. The average molecular weight is 462 g/mol. The summed E-state index contributed by atoms with van der Waals surface area (Å²) >= 11 is 0. The van der Waals surface area contributed by atoms with Gasteiger partial charge in [-0.1, -0.05) is 48.5 Å². The SMILES string of the molecule is O=Cc1ccc(CCCO[N+](=O)[O-])cc1.O=[N+]([O-])OCCCc1ccc(C2OCCO2)cc1. The third kappa shape index (κ3) is 10.5. The number of hydrogen-bond acceptors (Lipinski definition) is 9. The van der Waals surface area contributed by atoms with Crippen LogP contribution in [-0.4, -0.2) is 42.9 Å². The summed E-state index contributed by atoms with van der Waals surface area (Å²) in [6.07, 6.45) is 3.18. The summed E-state index contributed by atoms with van der Waals surface area (Å²) < 4.78 is 10.8. The molecule has 0 atom stereocenters. The summed E-state index contributed by atoms with van der Waals surface area (Å²) in [4.78, 5) is 38.6. The summed E-state index contributed by atoms with van der Waals surface area (Å²) in [5.74, 6) is 0. The zero-order chi connectivity index (χ0) is 23.9. The lowest BCUT2D eigenvalue weighted by Gasteiger charge is -2.09. The number of ether oxygens (including phenoxy) is 2. The highest BCUT2D eigenvalue weighted by Gasteiger charge is 2.17. The number of nitrogens with zero attached hydrogens (tertiary/aromatic N) is 2. The zero-order valence-electron chi connectivity index (χ0n) is 18.0. The van der Waals surface area contributed by atoms with Crippen LogP contribution in [0.4, 0.5) is 0 Å². The van der Waals surface area contributed by atoms with Crippen molar-refractivity contribution in [1.82, 2.24) is 0 Å². The Morgan fingerprint density at radius 3 is 1.70 bits per heavy atom. The number of benzene rings is 2. The molecule has 0 amide bonds. The van der Waals surface area contributed by atoms with Crippen LogP contribution in [0.1, 0.15) is 46.2 Å². The van der Waals surface area contributed by atoms with Gasteiger partial charge in [0.15, 0.2) is 6.29 Å². The highest BCUT2D eigenvalue weighted by atomic mass is 17.0. The van der Waals surface area contributed by atoms with Gasteiger partial charge in [0.25, 0.3) is 10.2 Å². The molecule has 178 valence electrons. The third-order valence-corrected chi connectivity index (χ3v) is 4.60. The van der Waals surface area contributed by atoms with Crippen LogP contribution >= 0.6 is 0 Å². The number of carbonyl (C=O) groups excluding carboxylic acids is 1. The number of carbonyl (C=O) groups is 1. The Morgan fingerprint density at radius 1 is 0.818 bits per heavy atom. The zero-order valence-corrected chi connectivity index (χ0v) is 18.0. The van der Waals surface area contributed by atoms with E-state index in [1.807, 2.05) is 36.4 Å². The smallest absolute Gasteiger partial charge is 0.294 e. The monoisotopic (exact) mass is 462 g/mol. The van der Waals surface area contributed by atoms with Gasteiger partial charge in [0, 0.05) is 11.1 Å². The predicted molar refractivity (Wildman–Crippen MR) is 115 cm³/mol. The van der Waals surface area contributed by atoms with Crippen molar-refractivity contribution in [2.24, 2.45) is 0 Å². The van der Waals surface area contributed by atoms with Crippen LogP contribution in [-0.2, 0) is 32.0 Å². The van der Waals surface area contributed by atoms with Crippen molar-refractivity contribution in [2.45, 2.75) is 32.0 Å². The molecule has 2 aromatic carbocycles. The Labute approximate surface area is 190 Å². The fourth-order valence-corrected chi connectivity index (χ4v) is 2.99. The Kier molecular flexibility index (Phi) is 11.3. The quantitative estimate of drug-likeness (QED) is 0.200. The second-order valence-corrected chi connectivity index (χ2v) is 7.00. The molecule has 1 saturated heterocycles. The molecule has 1 fully saturated rings. The predicted octanol–water partition coefficient (Wildman–Crippen LogP) is 3.51. The van der Waals surface area contributed by atoms with Crippen LogP contribution in [0.25, 0.3) is 0 Å². The minimum Gasteiger partial charge on any atom is -0.346 e. The maximum absolute atomic E-state index is 10.4. The molecule has 1 heterocycles. The molecule has 2 aromatic rings. The lowest BCUT2D eigenvalue weighted by Crippen LogP contribution is -2.03. The fraction of sp³-hybridized carbons (Fsp3) is 0.409. The fourth-order valence-electron chi connectivity index (χ4n) is 2.99. The second-order valence-electron chi connectivity index (χ2n) is 7.00. The molecule has 3 rings (SSSR count). The summed E-state index contributed by atoms with van der Waals surface area (Å²) in [7, 11) is 0. The average Bonchev–Trinajstić information content (AvgIpc) is 3.36. The van der Waals surface area contributed by atoms with Crippen LogP contribution in [0.3, 0.4) is 0 Å². The first kappa shape index (κ1) is 25.7. The van der Waals surface area contributed by atoms with Crippen molar-refractivity contribution < 1.29 is 34.1 Å². The van der Waals surface area contributed by atoms with Gasteiger partial charge in [0.2, 0.25) is 0 Å². The van der Waals surface area contributed by atoms with Crippen molar-refractivity contribution >= 4 is 6.29 Å². The highest BCUT2D eigenvalue weighted by Crippen LogP contribution is 2.23. The number of rotatable bonds is 12. The van der Waals surface area contributed by atoms with Gasteiger partial charge in [0.05, 0.1) is 26.4 Å². The maximum atomic E-state index is 10.4. The molecular formula is C22H26N2O9. The van der Waals surface area contributed by atoms with Gasteiger partial charge in [-0.25, -0.2) is 0 Å². The third-order valence-electron chi connectivity index (χ3n) is 4.60. The van der Waals surface area contributed by atoms with Crippen LogP contribution in [0, 0.1) is 20.2 Å². The number of aryl methyl sites for hydroxylation is 2. The first-order valence-corrected chi connectivity index (χ1v) is 10.4. The first-order valence-electron chi connectivity index (χ1n) is 10.4. The van der Waals surface area contributed by atoms with Crippen molar-refractivity contribution in [3.63, 3.8) is 0 Å². The van der Waals surface area contributed by atoms with Crippen LogP contribution in [0.5, 0.6) is 0 Å². The topological polar surface area (TPSA) is 140 Å². The Hall–Kier alpha value is -3.57. The van der Waals surface area contributed by atoms with Gasteiger partial charge in [-0.05, 0) is 36.8 Å². The van der Waals surface area contributed by atoms with Gasteiger partial charge < -0.3 is 19.1 Å². The molecule has 0 N–H and O–H groups in total. The minimum absolute atomic E-state index is 0.0996. The van der Waals surface area contributed by atoms with E-state index < -0.39 is 10.2 Å². The molecule has 11 nitrogen and oxygen atoms in total. The summed E-state index contributed by atoms with van der Waals surface area (Å²) in [5.41, 5.74) is 3.77. The maximum Gasteiger partial charge on any atom is 0.294 e. The standard InChI is InChI=1S/C12H15NO5.C10H11NO4/c14-13(15)18-7-1-2-10-3-5-11(6-4-10)12-16-8-9-17-12;12-8-10-5-3-9(4-6-10)2-1-7-15-11(13)14/h3-6,12H,1-2,7-9H2;3-6,8H,1-2,7H2. The molecule has 1 aliphatic rings. The Balaban J connectivity index is 0.000000238. The van der Waals surface area contributed by atoms with E-state index in [2.05, 4.69) is 9.68 Å². The van der Waals surface area contributed by atoms with Gasteiger partial charge in [-0.2, -0.15) is 0 Å². The van der Waals surface area contributed by atoms with Crippen molar-refractivity contribution in [1.29, 1.82) is 0 Å². The molecule has 0 bridgehead atoms. The molecule has 1 aliphatic heterocycles. The van der Waals surface area contributed by atoms with Crippen LogP contribution in [0.15, 0.2) is 48.5 Å². The molecule has 0 aromatic heterocycles. The van der Waals surface area contributed by atoms with Gasteiger partial charge in [-0.3, -0.25) is 4.79 Å². The lowest BCUT2D eigenvalue weighted by molar-refractivity contribution is -0.757. The van der Waals surface area contributed by atoms with E-state index in [-0.39, 0.29) is 19.5 Å². The largest absolute Gasteiger partial charge is 0.346 e. The van der Waals surface area contributed by atoms with Crippen molar-refractivity contribution in [3.8, 4) is 0 Å². The van der Waals surface area contributed by atoms with E-state index in [4.69, 9.17) is 9.47 Å². The van der Waals surface area contributed by atoms with Crippen molar-refractivity contribution in [2.75, 3.05) is 26.4 Å². The molecular weight excluding hydrogens is 436 g/mol. The number of aldehydes is 1. The van der Waals surface area contributed by atoms with Crippen LogP contribution in [0.2, 0.25) is 0 Å². The second kappa shape index (κ2) is 14.5. The van der Waals surface area contributed by atoms with E-state index in [0.29, 0.717) is 38.0 Å².